The lowest BCUT2D eigenvalue weighted by atomic mass is 10.0. The van der Waals surface area contributed by atoms with Crippen molar-refractivity contribution in [3.8, 4) is 11.8 Å². The van der Waals surface area contributed by atoms with Crippen molar-refractivity contribution >= 4 is 5.82 Å². The van der Waals surface area contributed by atoms with E-state index >= 15 is 0 Å². The lowest BCUT2D eigenvalue weighted by molar-refractivity contribution is 0.0104. The van der Waals surface area contributed by atoms with E-state index in [4.69, 9.17) is 4.74 Å². The van der Waals surface area contributed by atoms with E-state index in [0.717, 1.165) is 62.7 Å². The van der Waals surface area contributed by atoms with Gasteiger partial charge in [-0.2, -0.15) is 0 Å². The Hall–Kier alpha value is -2.51. The predicted octanol–water partition coefficient (Wildman–Crippen LogP) is 4.52. The fraction of sp³-hybridized carbons (Fsp3) is 0.607. The number of anilines is 1. The van der Waals surface area contributed by atoms with E-state index in [9.17, 15) is 10.2 Å². The summed E-state index contributed by atoms with van der Waals surface area (Å²) in [6, 6.07) is 6.05. The van der Waals surface area contributed by atoms with Gasteiger partial charge in [-0.3, -0.25) is 9.47 Å². The number of aromatic nitrogens is 2. The summed E-state index contributed by atoms with van der Waals surface area (Å²) in [6.07, 6.45) is 14.6. The minimum atomic E-state index is -0.0920. The lowest BCUT2D eigenvalue weighted by Gasteiger charge is -2.37. The van der Waals surface area contributed by atoms with Crippen LogP contribution in [0.3, 0.4) is 0 Å². The van der Waals surface area contributed by atoms with Crippen molar-refractivity contribution in [2.24, 2.45) is 0 Å². The van der Waals surface area contributed by atoms with Crippen LogP contribution >= 0.6 is 0 Å². The molecular weight excluding hydrogens is 440 g/mol. The summed E-state index contributed by atoms with van der Waals surface area (Å²) < 4.78 is 8.04. The Morgan fingerprint density at radius 2 is 1.57 bits per heavy atom. The number of nitrogens with zero attached hydrogens (tertiary/aromatic N) is 4. The minimum Gasteiger partial charge on any atom is -0.494 e. The topological polar surface area (TPSA) is 74.0 Å². The molecule has 4 rings (SSSR count). The first-order chi connectivity index (χ1) is 17.2. The van der Waals surface area contributed by atoms with E-state index < -0.39 is 0 Å². The molecule has 7 nitrogen and oxygen atoms in total. The van der Waals surface area contributed by atoms with Crippen LogP contribution in [0.5, 0.6) is 11.8 Å². The average Bonchev–Trinajstić information content (AvgIpc) is 3.14. The maximum atomic E-state index is 10.8. The Balaban J connectivity index is 1.35. The molecule has 0 bridgehead atoms. The summed E-state index contributed by atoms with van der Waals surface area (Å²) in [5.41, 5.74) is 1.70. The number of hydrogen-bond donors (Lipinski definition) is 2. The van der Waals surface area contributed by atoms with Gasteiger partial charge in [-0.15, -0.1) is 0 Å². The Bertz CT molecular complexity index is 904. The fourth-order valence-corrected chi connectivity index (χ4v) is 5.19. The van der Waals surface area contributed by atoms with Crippen molar-refractivity contribution in [1.82, 2.24) is 14.5 Å². The molecule has 1 atom stereocenters. The summed E-state index contributed by atoms with van der Waals surface area (Å²) in [5.74, 6) is 1.41. The van der Waals surface area contributed by atoms with Crippen LogP contribution in [0.1, 0.15) is 56.6 Å². The third-order valence-corrected chi connectivity index (χ3v) is 7.27. The first kappa shape index (κ1) is 25.6. The second-order valence-corrected chi connectivity index (χ2v) is 9.83. The summed E-state index contributed by atoms with van der Waals surface area (Å²) >= 11 is 0. The van der Waals surface area contributed by atoms with Gasteiger partial charge in [-0.05, 0) is 31.4 Å². The molecule has 2 aromatic heterocycles. The van der Waals surface area contributed by atoms with Gasteiger partial charge in [-0.25, -0.2) is 4.98 Å². The van der Waals surface area contributed by atoms with Crippen LogP contribution < -0.4 is 4.90 Å². The van der Waals surface area contributed by atoms with Crippen molar-refractivity contribution < 1.29 is 14.9 Å². The van der Waals surface area contributed by atoms with Crippen LogP contribution in [-0.4, -0.2) is 70.1 Å². The second-order valence-electron chi connectivity index (χ2n) is 9.83. The van der Waals surface area contributed by atoms with Gasteiger partial charge in [0, 0.05) is 56.7 Å². The first-order valence-corrected chi connectivity index (χ1v) is 13.4. The predicted molar refractivity (Wildman–Crippen MR) is 140 cm³/mol. The van der Waals surface area contributed by atoms with Gasteiger partial charge in [0.1, 0.15) is 5.82 Å². The molecule has 0 saturated carbocycles. The van der Waals surface area contributed by atoms with E-state index in [-0.39, 0.29) is 17.9 Å². The van der Waals surface area contributed by atoms with Gasteiger partial charge in [0.05, 0.1) is 12.6 Å². The maximum Gasteiger partial charge on any atom is 0.197 e. The Kier molecular flexibility index (Phi) is 9.49. The van der Waals surface area contributed by atoms with Gasteiger partial charge in [0.2, 0.25) is 0 Å². The first-order valence-electron chi connectivity index (χ1n) is 13.4. The highest BCUT2D eigenvalue weighted by atomic mass is 16.5. The third-order valence-electron chi connectivity index (χ3n) is 7.27. The Morgan fingerprint density at radius 3 is 2.23 bits per heavy atom. The number of pyridine rings is 1. The molecule has 35 heavy (non-hydrogen) atoms. The monoisotopic (exact) mass is 482 g/mol. The molecule has 1 saturated heterocycles. The van der Waals surface area contributed by atoms with Gasteiger partial charge in [-0.1, -0.05) is 57.2 Å². The standard InChI is InChI=1S/C28H42N4O3/c1-2-3-4-5-6-11-20-35-23(22-32-27(33)24-12-7-8-13-25(24)28(32)34)21-30-16-18-31(19-17-30)26-14-9-10-15-29-26/h7-10,14-15,23,33-34H,2-6,11-13,16-22H2,1H3. The minimum absolute atomic E-state index is 0.0920. The van der Waals surface area contributed by atoms with Crippen molar-refractivity contribution in [3.05, 3.63) is 47.7 Å². The van der Waals surface area contributed by atoms with E-state index in [2.05, 4.69) is 39.9 Å². The number of allylic oxidation sites excluding steroid dienone is 2. The number of aromatic hydroxyl groups is 2. The highest BCUT2D eigenvalue weighted by molar-refractivity contribution is 5.49. The number of unbranched alkanes of at least 4 members (excludes halogenated alkanes) is 5. The number of hydrogen-bond acceptors (Lipinski definition) is 6. The highest BCUT2D eigenvalue weighted by Crippen LogP contribution is 2.37. The van der Waals surface area contributed by atoms with Crippen LogP contribution in [0.25, 0.3) is 0 Å². The van der Waals surface area contributed by atoms with Crippen LogP contribution in [0.2, 0.25) is 0 Å². The van der Waals surface area contributed by atoms with E-state index in [1.165, 1.54) is 32.1 Å². The zero-order valence-electron chi connectivity index (χ0n) is 21.2. The van der Waals surface area contributed by atoms with Crippen LogP contribution in [0, 0.1) is 0 Å². The number of fused-ring (bicyclic) bond motifs is 1. The number of ether oxygens (including phenoxy) is 1. The lowest BCUT2D eigenvalue weighted by Crippen LogP contribution is -2.49. The second kappa shape index (κ2) is 13.0. The zero-order valence-corrected chi connectivity index (χ0v) is 21.2. The van der Waals surface area contributed by atoms with Crippen molar-refractivity contribution in [3.63, 3.8) is 0 Å². The smallest absolute Gasteiger partial charge is 0.197 e. The van der Waals surface area contributed by atoms with Crippen LogP contribution in [0.4, 0.5) is 5.82 Å². The molecule has 0 radical (unpaired) electrons. The molecule has 7 heteroatoms. The Morgan fingerprint density at radius 1 is 0.886 bits per heavy atom. The van der Waals surface area contributed by atoms with Crippen LogP contribution in [-0.2, 0) is 24.1 Å². The van der Waals surface area contributed by atoms with Gasteiger partial charge in [0.15, 0.2) is 11.8 Å². The van der Waals surface area contributed by atoms with E-state index in [1.54, 1.807) is 4.57 Å². The molecule has 1 aliphatic heterocycles. The highest BCUT2D eigenvalue weighted by Gasteiger charge is 2.27. The normalized spacial score (nSPS) is 17.0. The Labute approximate surface area is 210 Å². The summed E-state index contributed by atoms with van der Waals surface area (Å²) in [5, 5.41) is 21.7. The zero-order chi connectivity index (χ0) is 24.5. The van der Waals surface area contributed by atoms with Gasteiger partial charge < -0.3 is 19.8 Å². The molecule has 0 spiro atoms. The maximum absolute atomic E-state index is 10.8. The molecule has 1 aliphatic carbocycles. The number of rotatable bonds is 13. The molecule has 2 aromatic rings. The van der Waals surface area contributed by atoms with Gasteiger partial charge >= 0.3 is 0 Å². The van der Waals surface area contributed by atoms with E-state index in [0.29, 0.717) is 19.4 Å². The van der Waals surface area contributed by atoms with Crippen molar-refractivity contribution in [1.29, 1.82) is 0 Å². The molecule has 0 amide bonds. The molecule has 2 N–H and O–H groups in total. The molecular formula is C28H42N4O3. The summed E-state index contributed by atoms with van der Waals surface area (Å²) in [6.45, 7) is 7.95. The SMILES string of the molecule is CCCCCCCCOC(CN1CCN(c2ccccn2)CC1)Cn1c(O)c2c(c1O)CC=CC2. The summed E-state index contributed by atoms with van der Waals surface area (Å²) in [4.78, 5) is 9.25. The summed E-state index contributed by atoms with van der Waals surface area (Å²) in [7, 11) is 0. The van der Waals surface area contributed by atoms with E-state index in [1.807, 2.05) is 18.3 Å². The molecule has 1 fully saturated rings. The van der Waals surface area contributed by atoms with Gasteiger partial charge in [0.25, 0.3) is 0 Å². The van der Waals surface area contributed by atoms with Crippen LogP contribution in [0.15, 0.2) is 36.5 Å². The molecule has 3 heterocycles. The molecule has 1 unspecified atom stereocenters. The quantitative estimate of drug-likeness (QED) is 0.323. The van der Waals surface area contributed by atoms with Crippen molar-refractivity contribution in [2.75, 3.05) is 44.2 Å². The average molecular weight is 483 g/mol. The van der Waals surface area contributed by atoms with Crippen molar-refractivity contribution in [2.45, 2.75) is 70.9 Å². The molecule has 192 valence electrons. The largest absolute Gasteiger partial charge is 0.494 e. The number of piperazine rings is 1. The third kappa shape index (κ3) is 6.79. The fourth-order valence-electron chi connectivity index (χ4n) is 5.19. The molecule has 2 aliphatic rings. The molecule has 0 aromatic carbocycles.